The molecule has 0 radical (unpaired) electrons. The van der Waals surface area contributed by atoms with Gasteiger partial charge in [0.05, 0.1) is 17.4 Å². The maximum atomic E-state index is 5.78. The summed E-state index contributed by atoms with van der Waals surface area (Å²) in [6, 6.07) is 11.0. The number of rotatable bonds is 3. The van der Waals surface area contributed by atoms with Crippen LogP contribution in [0.2, 0.25) is 5.02 Å². The number of piperidine rings is 1. The SMILES string of the molecule is Clc1cnc(NC2CCN(c3ccccc3)CC2)nc1. The molecule has 1 aromatic carbocycles. The fourth-order valence-corrected chi connectivity index (χ4v) is 2.59. The topological polar surface area (TPSA) is 41.1 Å². The van der Waals surface area contributed by atoms with Crippen LogP contribution in [0.15, 0.2) is 42.7 Å². The molecule has 0 unspecified atom stereocenters. The highest BCUT2D eigenvalue weighted by atomic mass is 35.5. The highest BCUT2D eigenvalue weighted by molar-refractivity contribution is 6.30. The Hall–Kier alpha value is -1.81. The molecule has 1 N–H and O–H groups in total. The van der Waals surface area contributed by atoms with Gasteiger partial charge in [-0.25, -0.2) is 9.97 Å². The molecule has 0 bridgehead atoms. The Morgan fingerprint density at radius 1 is 1.05 bits per heavy atom. The van der Waals surface area contributed by atoms with Gasteiger partial charge in [0.1, 0.15) is 0 Å². The van der Waals surface area contributed by atoms with Crippen molar-refractivity contribution in [3.8, 4) is 0 Å². The molecule has 104 valence electrons. The van der Waals surface area contributed by atoms with Gasteiger partial charge in [0.15, 0.2) is 0 Å². The van der Waals surface area contributed by atoms with Gasteiger partial charge in [-0.05, 0) is 25.0 Å². The van der Waals surface area contributed by atoms with Crippen LogP contribution in [-0.2, 0) is 0 Å². The van der Waals surface area contributed by atoms with E-state index in [0.717, 1.165) is 25.9 Å². The third-order valence-electron chi connectivity index (χ3n) is 3.57. The molecule has 4 nitrogen and oxygen atoms in total. The van der Waals surface area contributed by atoms with Crippen LogP contribution >= 0.6 is 11.6 Å². The molecule has 0 saturated carbocycles. The largest absolute Gasteiger partial charge is 0.371 e. The summed E-state index contributed by atoms with van der Waals surface area (Å²) in [5.41, 5.74) is 1.30. The van der Waals surface area contributed by atoms with Gasteiger partial charge < -0.3 is 10.2 Å². The van der Waals surface area contributed by atoms with Crippen molar-refractivity contribution in [1.82, 2.24) is 9.97 Å². The van der Waals surface area contributed by atoms with E-state index in [0.29, 0.717) is 17.0 Å². The number of nitrogens with zero attached hydrogens (tertiary/aromatic N) is 3. The van der Waals surface area contributed by atoms with Gasteiger partial charge in [0.2, 0.25) is 5.95 Å². The molecule has 2 aromatic rings. The molecule has 5 heteroatoms. The Bertz CT molecular complexity index is 536. The van der Waals surface area contributed by atoms with Gasteiger partial charge in [-0.3, -0.25) is 0 Å². The van der Waals surface area contributed by atoms with Gasteiger partial charge in [-0.1, -0.05) is 29.8 Å². The minimum atomic E-state index is 0.427. The molecule has 0 spiro atoms. The second-order valence-electron chi connectivity index (χ2n) is 4.97. The first-order valence-electron chi connectivity index (χ1n) is 6.85. The van der Waals surface area contributed by atoms with Gasteiger partial charge in [0, 0.05) is 24.8 Å². The van der Waals surface area contributed by atoms with Gasteiger partial charge in [-0.2, -0.15) is 0 Å². The maximum absolute atomic E-state index is 5.78. The number of anilines is 2. The number of aromatic nitrogens is 2. The summed E-state index contributed by atoms with van der Waals surface area (Å²) >= 11 is 5.78. The van der Waals surface area contributed by atoms with E-state index in [4.69, 9.17) is 11.6 Å². The van der Waals surface area contributed by atoms with Crippen molar-refractivity contribution < 1.29 is 0 Å². The van der Waals surface area contributed by atoms with E-state index in [9.17, 15) is 0 Å². The average molecular weight is 289 g/mol. The molecule has 1 aromatic heterocycles. The third-order valence-corrected chi connectivity index (χ3v) is 3.77. The molecule has 3 rings (SSSR count). The Balaban J connectivity index is 1.55. The van der Waals surface area contributed by atoms with Crippen LogP contribution < -0.4 is 10.2 Å². The van der Waals surface area contributed by atoms with E-state index in [1.807, 2.05) is 0 Å². The number of hydrogen-bond donors (Lipinski definition) is 1. The molecule has 20 heavy (non-hydrogen) atoms. The standard InChI is InChI=1S/C15H17ClN4/c16-12-10-17-15(18-11-12)19-13-6-8-20(9-7-13)14-4-2-1-3-5-14/h1-5,10-11,13H,6-9H2,(H,17,18,19). The Kier molecular flexibility index (Phi) is 4.02. The fraction of sp³-hybridized carbons (Fsp3) is 0.333. The third kappa shape index (κ3) is 3.20. The molecule has 0 aliphatic carbocycles. The second-order valence-corrected chi connectivity index (χ2v) is 5.40. The number of benzene rings is 1. The van der Waals surface area contributed by atoms with E-state index < -0.39 is 0 Å². The lowest BCUT2D eigenvalue weighted by atomic mass is 10.0. The first kappa shape index (κ1) is 13.2. The number of nitrogens with one attached hydrogen (secondary N) is 1. The number of para-hydroxylation sites is 1. The smallest absolute Gasteiger partial charge is 0.222 e. The lowest BCUT2D eigenvalue weighted by Crippen LogP contribution is -2.39. The quantitative estimate of drug-likeness (QED) is 0.941. The summed E-state index contributed by atoms with van der Waals surface area (Å²) in [6.07, 6.45) is 5.41. The normalized spacial score (nSPS) is 16.1. The Morgan fingerprint density at radius 2 is 1.70 bits per heavy atom. The van der Waals surface area contributed by atoms with Crippen LogP contribution in [-0.4, -0.2) is 29.1 Å². The van der Waals surface area contributed by atoms with Crippen molar-refractivity contribution in [1.29, 1.82) is 0 Å². The van der Waals surface area contributed by atoms with E-state index in [-0.39, 0.29) is 0 Å². The second kappa shape index (κ2) is 6.09. The van der Waals surface area contributed by atoms with E-state index in [2.05, 4.69) is 50.5 Å². The molecule has 1 fully saturated rings. The molecule has 1 aliphatic rings. The maximum Gasteiger partial charge on any atom is 0.222 e. The van der Waals surface area contributed by atoms with Crippen LogP contribution in [0.25, 0.3) is 0 Å². The van der Waals surface area contributed by atoms with Crippen molar-refractivity contribution in [2.24, 2.45) is 0 Å². The lowest BCUT2D eigenvalue weighted by molar-refractivity contribution is 0.524. The minimum absolute atomic E-state index is 0.427. The van der Waals surface area contributed by atoms with E-state index in [1.165, 1.54) is 5.69 Å². The van der Waals surface area contributed by atoms with Crippen molar-refractivity contribution >= 4 is 23.2 Å². The zero-order valence-corrected chi connectivity index (χ0v) is 11.9. The lowest BCUT2D eigenvalue weighted by Gasteiger charge is -2.33. The monoisotopic (exact) mass is 288 g/mol. The zero-order valence-electron chi connectivity index (χ0n) is 11.2. The van der Waals surface area contributed by atoms with E-state index in [1.54, 1.807) is 12.4 Å². The number of halogens is 1. The first-order chi connectivity index (χ1) is 9.81. The molecule has 1 saturated heterocycles. The van der Waals surface area contributed by atoms with Crippen LogP contribution in [0.3, 0.4) is 0 Å². The highest BCUT2D eigenvalue weighted by Crippen LogP contribution is 2.20. The van der Waals surface area contributed by atoms with E-state index >= 15 is 0 Å². The molecular weight excluding hydrogens is 272 g/mol. The van der Waals surface area contributed by atoms with Crippen LogP contribution in [0.5, 0.6) is 0 Å². The Morgan fingerprint density at radius 3 is 2.35 bits per heavy atom. The summed E-state index contributed by atoms with van der Waals surface area (Å²) in [4.78, 5) is 10.8. The summed E-state index contributed by atoms with van der Waals surface area (Å²) in [7, 11) is 0. The molecule has 0 amide bonds. The molecule has 2 heterocycles. The molecule has 1 aliphatic heterocycles. The minimum Gasteiger partial charge on any atom is -0.371 e. The molecular formula is C15H17ClN4. The highest BCUT2D eigenvalue weighted by Gasteiger charge is 2.19. The number of hydrogen-bond acceptors (Lipinski definition) is 4. The van der Waals surface area contributed by atoms with Crippen molar-refractivity contribution in [3.63, 3.8) is 0 Å². The summed E-state index contributed by atoms with van der Waals surface area (Å²) in [6.45, 7) is 2.10. The molecule has 0 atom stereocenters. The van der Waals surface area contributed by atoms with Gasteiger partial charge in [-0.15, -0.1) is 0 Å². The van der Waals surface area contributed by atoms with Crippen molar-refractivity contribution in [2.45, 2.75) is 18.9 Å². The Labute approximate surface area is 123 Å². The summed E-state index contributed by atoms with van der Waals surface area (Å²) in [5, 5.41) is 3.94. The summed E-state index contributed by atoms with van der Waals surface area (Å²) in [5.74, 6) is 0.660. The van der Waals surface area contributed by atoms with Crippen LogP contribution in [0, 0.1) is 0 Å². The van der Waals surface area contributed by atoms with Gasteiger partial charge >= 0.3 is 0 Å². The van der Waals surface area contributed by atoms with Gasteiger partial charge in [0.25, 0.3) is 0 Å². The van der Waals surface area contributed by atoms with Crippen molar-refractivity contribution in [2.75, 3.05) is 23.3 Å². The average Bonchev–Trinajstić information content (AvgIpc) is 2.51. The first-order valence-corrected chi connectivity index (χ1v) is 7.23. The predicted octanol–water partition coefficient (Wildman–Crippen LogP) is 3.21. The van der Waals surface area contributed by atoms with Crippen LogP contribution in [0.4, 0.5) is 11.6 Å². The zero-order chi connectivity index (χ0) is 13.8. The summed E-state index contributed by atoms with van der Waals surface area (Å²) < 4.78 is 0. The van der Waals surface area contributed by atoms with Crippen molar-refractivity contribution in [3.05, 3.63) is 47.7 Å². The predicted molar refractivity (Wildman–Crippen MR) is 82.3 cm³/mol. The fourth-order valence-electron chi connectivity index (χ4n) is 2.49. The van der Waals surface area contributed by atoms with Crippen LogP contribution in [0.1, 0.15) is 12.8 Å².